The van der Waals surface area contributed by atoms with Crippen molar-refractivity contribution in [1.29, 1.82) is 0 Å². The fourth-order valence-electron chi connectivity index (χ4n) is 3.56. The fourth-order valence-corrected chi connectivity index (χ4v) is 3.56. The summed E-state index contributed by atoms with van der Waals surface area (Å²) < 4.78 is 0. The Labute approximate surface area is 129 Å². The number of rotatable bonds is 1. The molecule has 2 aromatic carbocycles. The number of likely N-dealkylation sites (N-methyl/N-ethyl adjacent to an activating group) is 1. The predicted molar refractivity (Wildman–Crippen MR) is 85.1 cm³/mol. The molecule has 1 atom stereocenters. The Hall–Kier alpha value is -2.46. The van der Waals surface area contributed by atoms with E-state index in [1.807, 2.05) is 31.3 Å². The van der Waals surface area contributed by atoms with Gasteiger partial charge in [0.2, 0.25) is 0 Å². The van der Waals surface area contributed by atoms with Crippen molar-refractivity contribution >= 4 is 5.70 Å². The summed E-state index contributed by atoms with van der Waals surface area (Å²) in [6.45, 7) is 0. The van der Waals surface area contributed by atoms with E-state index in [2.05, 4.69) is 10.4 Å². The second kappa shape index (κ2) is 4.78. The molecule has 1 aliphatic carbocycles. The second-order valence-electron chi connectivity index (χ2n) is 5.96. The van der Waals surface area contributed by atoms with E-state index >= 15 is 0 Å². The number of phenolic OH excluding ortho intramolecular Hbond substituents is 2. The molecule has 0 saturated heterocycles. The highest BCUT2D eigenvalue weighted by Crippen LogP contribution is 2.43. The first kappa shape index (κ1) is 13.2. The van der Waals surface area contributed by atoms with Gasteiger partial charge in [0.05, 0.1) is 11.7 Å². The average molecular weight is 294 g/mol. The minimum atomic E-state index is 0.178. The molecule has 4 nitrogen and oxygen atoms in total. The molecule has 0 bridgehead atoms. The third-order valence-electron chi connectivity index (χ3n) is 4.56. The quantitative estimate of drug-likeness (QED) is 0.757. The van der Waals surface area contributed by atoms with Crippen molar-refractivity contribution in [3.05, 3.63) is 64.7 Å². The van der Waals surface area contributed by atoms with Gasteiger partial charge in [0, 0.05) is 12.6 Å². The van der Waals surface area contributed by atoms with Crippen LogP contribution < -0.4 is 5.43 Å². The molecule has 112 valence electrons. The van der Waals surface area contributed by atoms with Gasteiger partial charge < -0.3 is 15.6 Å². The number of benzene rings is 2. The smallest absolute Gasteiger partial charge is 0.115 e. The fraction of sp³-hybridized carbons (Fsp3) is 0.222. The van der Waals surface area contributed by atoms with Crippen LogP contribution in [0.4, 0.5) is 0 Å². The highest BCUT2D eigenvalue weighted by Gasteiger charge is 2.34. The number of fused-ring (bicyclic) bond motifs is 2. The minimum Gasteiger partial charge on any atom is -0.508 e. The van der Waals surface area contributed by atoms with E-state index in [0.29, 0.717) is 5.75 Å². The summed E-state index contributed by atoms with van der Waals surface area (Å²) in [5, 5.41) is 21.3. The molecule has 0 spiro atoms. The first-order valence-electron chi connectivity index (χ1n) is 7.47. The van der Waals surface area contributed by atoms with Gasteiger partial charge in [0.15, 0.2) is 0 Å². The molecule has 0 radical (unpaired) electrons. The van der Waals surface area contributed by atoms with Crippen LogP contribution in [0.3, 0.4) is 0 Å². The van der Waals surface area contributed by atoms with Crippen LogP contribution in [0.1, 0.15) is 29.2 Å². The summed E-state index contributed by atoms with van der Waals surface area (Å²) in [7, 11) is 2.04. The second-order valence-corrected chi connectivity index (χ2v) is 5.96. The van der Waals surface area contributed by atoms with Crippen LogP contribution in [0.2, 0.25) is 0 Å². The molecule has 2 aliphatic rings. The van der Waals surface area contributed by atoms with Crippen LogP contribution in [0.5, 0.6) is 11.5 Å². The summed E-state index contributed by atoms with van der Waals surface area (Å²) in [5.74, 6) is 0.611. The van der Waals surface area contributed by atoms with Gasteiger partial charge in [-0.25, -0.2) is 5.01 Å². The van der Waals surface area contributed by atoms with Crippen LogP contribution in [0.15, 0.2) is 48.0 Å². The Balaban J connectivity index is 1.80. The Morgan fingerprint density at radius 2 is 1.73 bits per heavy atom. The average Bonchev–Trinajstić information content (AvgIpc) is 2.84. The maximum Gasteiger partial charge on any atom is 0.115 e. The lowest BCUT2D eigenvalue weighted by molar-refractivity contribution is 0.253. The lowest BCUT2D eigenvalue weighted by Gasteiger charge is -2.23. The van der Waals surface area contributed by atoms with Crippen LogP contribution in [-0.4, -0.2) is 22.3 Å². The minimum absolute atomic E-state index is 0.178. The zero-order valence-corrected chi connectivity index (χ0v) is 12.4. The Kier molecular flexibility index (Phi) is 2.87. The summed E-state index contributed by atoms with van der Waals surface area (Å²) in [6, 6.07) is 13.2. The van der Waals surface area contributed by atoms with Crippen molar-refractivity contribution in [3.8, 4) is 11.5 Å². The maximum absolute atomic E-state index is 9.67. The van der Waals surface area contributed by atoms with E-state index in [4.69, 9.17) is 0 Å². The van der Waals surface area contributed by atoms with Gasteiger partial charge in [-0.1, -0.05) is 12.1 Å². The Bertz CT molecular complexity index is 765. The van der Waals surface area contributed by atoms with E-state index in [1.165, 1.54) is 22.3 Å². The molecule has 3 N–H and O–H groups in total. The topological polar surface area (TPSA) is 55.7 Å². The first-order valence-corrected chi connectivity index (χ1v) is 7.47. The van der Waals surface area contributed by atoms with Crippen LogP contribution in [-0.2, 0) is 6.42 Å². The van der Waals surface area contributed by atoms with Gasteiger partial charge in [-0.2, -0.15) is 0 Å². The van der Waals surface area contributed by atoms with Crippen LogP contribution in [0, 0.1) is 0 Å². The summed E-state index contributed by atoms with van der Waals surface area (Å²) in [6.07, 6.45) is 1.90. The number of hydrogen-bond donors (Lipinski definition) is 3. The molecule has 0 saturated carbocycles. The molecule has 22 heavy (non-hydrogen) atoms. The molecule has 4 rings (SSSR count). The van der Waals surface area contributed by atoms with Crippen molar-refractivity contribution in [2.75, 3.05) is 7.05 Å². The molecule has 1 aliphatic heterocycles. The summed E-state index contributed by atoms with van der Waals surface area (Å²) in [4.78, 5) is 0. The number of aromatic hydroxyl groups is 2. The van der Waals surface area contributed by atoms with Crippen LogP contribution >= 0.6 is 0 Å². The van der Waals surface area contributed by atoms with E-state index in [-0.39, 0.29) is 11.8 Å². The Morgan fingerprint density at radius 3 is 2.50 bits per heavy atom. The van der Waals surface area contributed by atoms with E-state index < -0.39 is 0 Å². The molecule has 1 heterocycles. The molecule has 0 fully saturated rings. The molecule has 1 unspecified atom stereocenters. The molecule has 0 aromatic heterocycles. The van der Waals surface area contributed by atoms with Crippen molar-refractivity contribution in [1.82, 2.24) is 10.4 Å². The van der Waals surface area contributed by atoms with Crippen molar-refractivity contribution < 1.29 is 10.2 Å². The number of hydrazine groups is 1. The van der Waals surface area contributed by atoms with Crippen LogP contribution in [0.25, 0.3) is 5.70 Å². The molecular formula is C18H18N2O2. The van der Waals surface area contributed by atoms with E-state index in [0.717, 1.165) is 18.5 Å². The van der Waals surface area contributed by atoms with Gasteiger partial charge in [0.1, 0.15) is 11.5 Å². The zero-order valence-electron chi connectivity index (χ0n) is 12.4. The Morgan fingerprint density at radius 1 is 1.00 bits per heavy atom. The van der Waals surface area contributed by atoms with E-state index in [9.17, 15) is 10.2 Å². The standard InChI is InChI=1S/C18H18N2O2/c1-20-18(11-2-5-13(21)6-3-11)16-8-4-12-10-14(22)7-9-15(12)17(16)19-20/h2-3,5-7,9-10,18-19,21-22H,4,8H2,1H3. The summed E-state index contributed by atoms with van der Waals surface area (Å²) in [5.41, 5.74) is 9.51. The van der Waals surface area contributed by atoms with Gasteiger partial charge in [0.25, 0.3) is 0 Å². The van der Waals surface area contributed by atoms with Gasteiger partial charge >= 0.3 is 0 Å². The number of aryl methyl sites for hydroxylation is 1. The zero-order chi connectivity index (χ0) is 15.3. The number of nitrogens with one attached hydrogen (secondary N) is 1. The summed E-state index contributed by atoms with van der Waals surface area (Å²) >= 11 is 0. The molecule has 2 aromatic rings. The number of hydrogen-bond acceptors (Lipinski definition) is 4. The lowest BCUT2D eigenvalue weighted by Crippen LogP contribution is -2.29. The third-order valence-corrected chi connectivity index (χ3v) is 4.56. The molecular weight excluding hydrogens is 276 g/mol. The molecule has 0 amide bonds. The number of phenols is 2. The van der Waals surface area contributed by atoms with E-state index in [1.54, 1.807) is 18.2 Å². The van der Waals surface area contributed by atoms with Crippen molar-refractivity contribution in [3.63, 3.8) is 0 Å². The van der Waals surface area contributed by atoms with Gasteiger partial charge in [-0.05, 0) is 59.9 Å². The molecule has 4 heteroatoms. The van der Waals surface area contributed by atoms with Gasteiger partial charge in [-0.15, -0.1) is 0 Å². The van der Waals surface area contributed by atoms with Crippen molar-refractivity contribution in [2.24, 2.45) is 0 Å². The monoisotopic (exact) mass is 294 g/mol. The highest BCUT2D eigenvalue weighted by molar-refractivity contribution is 5.75. The first-order chi connectivity index (χ1) is 10.6. The van der Waals surface area contributed by atoms with Crippen molar-refractivity contribution in [2.45, 2.75) is 18.9 Å². The number of nitrogens with zero attached hydrogens (tertiary/aromatic N) is 1. The maximum atomic E-state index is 9.67. The predicted octanol–water partition coefficient (Wildman–Crippen LogP) is 2.95. The van der Waals surface area contributed by atoms with Gasteiger partial charge in [-0.3, -0.25) is 0 Å². The highest BCUT2D eigenvalue weighted by atomic mass is 16.3. The SMILES string of the molecule is CN1NC2=C(CCc3cc(O)ccc32)C1c1ccc(O)cc1. The lowest BCUT2D eigenvalue weighted by atomic mass is 9.85. The third kappa shape index (κ3) is 1.96. The largest absolute Gasteiger partial charge is 0.508 e. The normalized spacial score (nSPS) is 20.5.